The van der Waals surface area contributed by atoms with Crippen molar-refractivity contribution in [1.29, 1.82) is 0 Å². The number of hydrogen-bond acceptors (Lipinski definition) is 3. The van der Waals surface area contributed by atoms with Gasteiger partial charge in [0.05, 0.1) is 11.1 Å². The smallest absolute Gasteiger partial charge is 0.335 e. The maximum atomic E-state index is 13.2. The molecule has 5 nitrogen and oxygen atoms in total. The number of rotatable bonds is 5. The molecule has 0 bridgehead atoms. The summed E-state index contributed by atoms with van der Waals surface area (Å²) < 4.78 is 18.8. The number of carboxylic acid groups (broad SMARTS) is 1. The minimum absolute atomic E-state index is 0.102. The molecule has 0 aromatic heterocycles. The van der Waals surface area contributed by atoms with Crippen LogP contribution < -0.4 is 10.1 Å². The minimum atomic E-state index is -1.01. The standard InChI is InChI=1S/C16H14FNO4.C2H6/c1-18-15(19)13-8-12(17)6-7-14(13)22-9-10-2-4-11(5-3-10)16(20)21;1-2/h2-8H,9H2,1H3,(H,18,19)(H,20,21);1-2H3. The predicted molar refractivity (Wildman–Crippen MR) is 88.9 cm³/mol. The summed E-state index contributed by atoms with van der Waals surface area (Å²) in [6, 6.07) is 9.85. The summed E-state index contributed by atoms with van der Waals surface area (Å²) in [5.41, 5.74) is 1.01. The Kier molecular flexibility index (Phi) is 7.42. The Morgan fingerprint density at radius 3 is 2.29 bits per heavy atom. The molecule has 0 atom stereocenters. The Bertz CT molecular complexity index is 699. The SMILES string of the molecule is CC.CNC(=O)c1cc(F)ccc1OCc1ccc(C(=O)O)cc1. The van der Waals surface area contributed by atoms with E-state index in [4.69, 9.17) is 9.84 Å². The number of carbonyl (C=O) groups excluding carboxylic acids is 1. The summed E-state index contributed by atoms with van der Waals surface area (Å²) in [7, 11) is 1.45. The third-order valence-corrected chi connectivity index (χ3v) is 3.01. The highest BCUT2D eigenvalue weighted by atomic mass is 19.1. The molecule has 128 valence electrons. The number of nitrogens with one attached hydrogen (secondary N) is 1. The van der Waals surface area contributed by atoms with Crippen molar-refractivity contribution in [3.05, 3.63) is 65.0 Å². The highest BCUT2D eigenvalue weighted by molar-refractivity contribution is 5.96. The average Bonchev–Trinajstić information content (AvgIpc) is 2.62. The van der Waals surface area contributed by atoms with Crippen LogP contribution in [0.4, 0.5) is 4.39 Å². The van der Waals surface area contributed by atoms with Crippen molar-refractivity contribution in [2.75, 3.05) is 7.05 Å². The number of amides is 1. The predicted octanol–water partition coefficient (Wildman–Crippen LogP) is 3.49. The number of carboxylic acids is 1. The maximum Gasteiger partial charge on any atom is 0.335 e. The van der Waals surface area contributed by atoms with Gasteiger partial charge in [0.2, 0.25) is 0 Å². The van der Waals surface area contributed by atoms with E-state index in [1.807, 2.05) is 13.8 Å². The molecule has 2 rings (SSSR count). The zero-order valence-corrected chi connectivity index (χ0v) is 13.8. The van der Waals surface area contributed by atoms with Gasteiger partial charge in [-0.2, -0.15) is 0 Å². The lowest BCUT2D eigenvalue weighted by molar-refractivity contribution is 0.0696. The lowest BCUT2D eigenvalue weighted by atomic mass is 10.1. The minimum Gasteiger partial charge on any atom is -0.488 e. The third-order valence-electron chi connectivity index (χ3n) is 3.01. The summed E-state index contributed by atoms with van der Waals surface area (Å²) >= 11 is 0. The largest absolute Gasteiger partial charge is 0.488 e. The van der Waals surface area contributed by atoms with Crippen LogP contribution in [0.1, 0.15) is 40.1 Å². The molecule has 0 heterocycles. The molecule has 2 N–H and O–H groups in total. The molecule has 0 saturated carbocycles. The van der Waals surface area contributed by atoms with Crippen LogP contribution in [0, 0.1) is 5.82 Å². The van der Waals surface area contributed by atoms with Crippen molar-refractivity contribution in [1.82, 2.24) is 5.32 Å². The first-order valence-corrected chi connectivity index (χ1v) is 7.48. The van der Waals surface area contributed by atoms with Gasteiger partial charge in [-0.15, -0.1) is 0 Å². The lowest BCUT2D eigenvalue weighted by Crippen LogP contribution is -2.19. The first-order valence-electron chi connectivity index (χ1n) is 7.48. The van der Waals surface area contributed by atoms with E-state index >= 15 is 0 Å². The topological polar surface area (TPSA) is 75.6 Å². The molecule has 0 fully saturated rings. The zero-order valence-electron chi connectivity index (χ0n) is 13.8. The quantitative estimate of drug-likeness (QED) is 0.878. The maximum absolute atomic E-state index is 13.2. The number of halogens is 1. The van der Waals surface area contributed by atoms with Gasteiger partial charge >= 0.3 is 5.97 Å². The number of benzene rings is 2. The average molecular weight is 333 g/mol. The van der Waals surface area contributed by atoms with Crippen LogP contribution in [0.2, 0.25) is 0 Å². The molecular weight excluding hydrogens is 313 g/mol. The summed E-state index contributed by atoms with van der Waals surface area (Å²) in [5, 5.41) is 11.2. The van der Waals surface area contributed by atoms with Gasteiger partial charge in [0.15, 0.2) is 0 Å². The van der Waals surface area contributed by atoms with Crippen LogP contribution in [0.5, 0.6) is 5.75 Å². The highest BCUT2D eigenvalue weighted by Crippen LogP contribution is 2.21. The fraction of sp³-hybridized carbons (Fsp3) is 0.222. The number of hydrogen-bond donors (Lipinski definition) is 2. The summed E-state index contributed by atoms with van der Waals surface area (Å²) in [6.07, 6.45) is 0. The molecule has 0 radical (unpaired) electrons. The van der Waals surface area contributed by atoms with E-state index in [1.54, 1.807) is 12.1 Å². The molecule has 2 aromatic rings. The molecular formula is C18H20FNO4. The Morgan fingerprint density at radius 1 is 1.12 bits per heavy atom. The number of ether oxygens (including phenoxy) is 1. The normalized spacial score (nSPS) is 9.50. The van der Waals surface area contributed by atoms with Crippen molar-refractivity contribution in [2.45, 2.75) is 20.5 Å². The molecule has 1 amide bonds. The van der Waals surface area contributed by atoms with E-state index in [0.717, 1.165) is 11.6 Å². The van der Waals surface area contributed by atoms with Crippen molar-refractivity contribution in [3.8, 4) is 5.75 Å². The molecule has 0 saturated heterocycles. The molecule has 0 aliphatic carbocycles. The van der Waals surface area contributed by atoms with Crippen LogP contribution >= 0.6 is 0 Å². The van der Waals surface area contributed by atoms with Gasteiger partial charge in [0, 0.05) is 7.05 Å². The molecule has 2 aromatic carbocycles. The molecule has 6 heteroatoms. The van der Waals surface area contributed by atoms with Gasteiger partial charge < -0.3 is 15.2 Å². The van der Waals surface area contributed by atoms with Crippen molar-refractivity contribution >= 4 is 11.9 Å². The Hall–Kier alpha value is -2.89. The summed E-state index contributed by atoms with van der Waals surface area (Å²) in [6.45, 7) is 4.13. The van der Waals surface area contributed by atoms with Crippen molar-refractivity contribution in [2.24, 2.45) is 0 Å². The van der Waals surface area contributed by atoms with Crippen LogP contribution in [-0.2, 0) is 6.61 Å². The molecule has 24 heavy (non-hydrogen) atoms. The van der Waals surface area contributed by atoms with Gasteiger partial charge in [-0.05, 0) is 35.9 Å². The van der Waals surface area contributed by atoms with Crippen LogP contribution in [0.15, 0.2) is 42.5 Å². The Balaban J connectivity index is 0.00000139. The van der Waals surface area contributed by atoms with E-state index in [2.05, 4.69) is 5.32 Å². The number of aromatic carboxylic acids is 1. The third kappa shape index (κ3) is 5.08. The van der Waals surface area contributed by atoms with E-state index in [0.29, 0.717) is 0 Å². The fourth-order valence-corrected chi connectivity index (χ4v) is 1.84. The van der Waals surface area contributed by atoms with E-state index < -0.39 is 17.7 Å². The summed E-state index contributed by atoms with van der Waals surface area (Å²) in [5.74, 6) is -1.73. The van der Waals surface area contributed by atoms with Gasteiger partial charge in [0.1, 0.15) is 18.2 Å². The second-order valence-corrected chi connectivity index (χ2v) is 4.51. The molecule has 0 unspecified atom stereocenters. The monoisotopic (exact) mass is 333 g/mol. The van der Waals surface area contributed by atoms with Crippen molar-refractivity contribution in [3.63, 3.8) is 0 Å². The molecule has 0 spiro atoms. The second kappa shape index (κ2) is 9.29. The van der Waals surface area contributed by atoms with Crippen LogP contribution in [0.3, 0.4) is 0 Å². The van der Waals surface area contributed by atoms with E-state index in [9.17, 15) is 14.0 Å². The first kappa shape index (κ1) is 19.2. The Morgan fingerprint density at radius 2 is 1.75 bits per heavy atom. The van der Waals surface area contributed by atoms with Gasteiger partial charge in [-0.1, -0.05) is 26.0 Å². The first-order chi connectivity index (χ1) is 11.5. The van der Waals surface area contributed by atoms with E-state index in [1.165, 1.54) is 31.3 Å². The van der Waals surface area contributed by atoms with Gasteiger partial charge in [-0.25, -0.2) is 9.18 Å². The van der Waals surface area contributed by atoms with Crippen LogP contribution in [0.25, 0.3) is 0 Å². The van der Waals surface area contributed by atoms with Crippen molar-refractivity contribution < 1.29 is 23.8 Å². The number of carbonyl (C=O) groups is 2. The second-order valence-electron chi connectivity index (χ2n) is 4.51. The Labute approximate surface area is 140 Å². The van der Waals surface area contributed by atoms with E-state index in [-0.39, 0.29) is 23.5 Å². The fourth-order valence-electron chi connectivity index (χ4n) is 1.84. The lowest BCUT2D eigenvalue weighted by Gasteiger charge is -2.11. The van der Waals surface area contributed by atoms with Crippen LogP contribution in [-0.4, -0.2) is 24.0 Å². The zero-order chi connectivity index (χ0) is 18.1. The van der Waals surface area contributed by atoms with Gasteiger partial charge in [0.25, 0.3) is 5.91 Å². The summed E-state index contributed by atoms with van der Waals surface area (Å²) in [4.78, 5) is 22.5. The highest BCUT2D eigenvalue weighted by Gasteiger charge is 2.12. The molecule has 0 aliphatic heterocycles. The molecule has 0 aliphatic rings. The van der Waals surface area contributed by atoms with Gasteiger partial charge in [-0.3, -0.25) is 4.79 Å².